The smallest absolute Gasteiger partial charge is 0.0792 e. The Hall–Kier alpha value is -1.14. The lowest BCUT2D eigenvalue weighted by atomic mass is 10.2. The molecule has 2 aromatic rings. The number of H-pyrrole nitrogens is 1. The largest absolute Gasteiger partial charge is 0.277 e. The Morgan fingerprint density at radius 3 is 2.50 bits per heavy atom. The molecule has 1 aromatic carbocycles. The molecular formula is C9H9N2P. The molecule has 0 fully saturated rings. The van der Waals surface area contributed by atoms with Crippen LogP contribution in [-0.2, 0) is 0 Å². The number of nitrogens with one attached hydrogen (secondary N) is 1. The third kappa shape index (κ3) is 1.39. The summed E-state index contributed by atoms with van der Waals surface area (Å²) in [5.41, 5.74) is 3.16. The molecule has 0 amide bonds. The molecule has 60 valence electrons. The Bertz CT molecular complexity index is 367. The van der Waals surface area contributed by atoms with Gasteiger partial charge in [-0.25, -0.2) is 0 Å². The number of nitrogens with zero attached hydrogens (tertiary/aromatic N) is 1. The third-order valence-electron chi connectivity index (χ3n) is 1.68. The number of aromatic amines is 1. The molecule has 12 heavy (non-hydrogen) atoms. The van der Waals surface area contributed by atoms with E-state index in [1.165, 1.54) is 5.56 Å². The lowest BCUT2D eigenvalue weighted by Gasteiger charge is -1.93. The van der Waals surface area contributed by atoms with Crippen molar-refractivity contribution in [2.24, 2.45) is 0 Å². The molecule has 0 radical (unpaired) electrons. The Kier molecular flexibility index (Phi) is 1.92. The first-order valence-corrected chi connectivity index (χ1v) is 4.30. The molecule has 2 nitrogen and oxygen atoms in total. The Balaban J connectivity index is 2.45. The van der Waals surface area contributed by atoms with Gasteiger partial charge in [-0.15, -0.1) is 0 Å². The maximum absolute atomic E-state index is 4.03. The van der Waals surface area contributed by atoms with Gasteiger partial charge in [-0.2, -0.15) is 5.10 Å². The van der Waals surface area contributed by atoms with Gasteiger partial charge in [0.05, 0.1) is 11.1 Å². The van der Waals surface area contributed by atoms with E-state index in [2.05, 4.69) is 31.6 Å². The van der Waals surface area contributed by atoms with Gasteiger partial charge in [0.25, 0.3) is 0 Å². The van der Waals surface area contributed by atoms with Gasteiger partial charge in [-0.3, -0.25) is 5.10 Å². The maximum atomic E-state index is 4.03. The van der Waals surface area contributed by atoms with E-state index in [1.807, 2.05) is 24.3 Å². The van der Waals surface area contributed by atoms with Gasteiger partial charge in [0.2, 0.25) is 0 Å². The van der Waals surface area contributed by atoms with Gasteiger partial charge in [0.15, 0.2) is 0 Å². The highest BCUT2D eigenvalue weighted by Crippen LogP contribution is 2.14. The molecule has 1 aromatic heterocycles. The molecule has 0 saturated heterocycles. The van der Waals surface area contributed by atoms with E-state index < -0.39 is 0 Å². The van der Waals surface area contributed by atoms with Crippen LogP contribution in [0.5, 0.6) is 0 Å². The molecule has 2 rings (SSSR count). The van der Waals surface area contributed by atoms with Gasteiger partial charge < -0.3 is 0 Å². The van der Waals surface area contributed by atoms with Crippen molar-refractivity contribution in [2.45, 2.75) is 0 Å². The fraction of sp³-hybridized carbons (Fsp3) is 0. The van der Waals surface area contributed by atoms with Crippen LogP contribution < -0.4 is 5.44 Å². The number of aromatic nitrogens is 2. The lowest BCUT2D eigenvalue weighted by Crippen LogP contribution is -1.85. The Labute approximate surface area is 73.2 Å². The van der Waals surface area contributed by atoms with E-state index in [9.17, 15) is 0 Å². The highest BCUT2D eigenvalue weighted by Gasteiger charge is 1.97. The second kappa shape index (κ2) is 3.08. The summed E-state index contributed by atoms with van der Waals surface area (Å²) in [4.78, 5) is 0. The monoisotopic (exact) mass is 176 g/mol. The van der Waals surface area contributed by atoms with E-state index in [0.29, 0.717) is 0 Å². The van der Waals surface area contributed by atoms with E-state index >= 15 is 0 Å². The normalized spacial score (nSPS) is 10.1. The fourth-order valence-corrected chi connectivity index (χ4v) is 1.33. The van der Waals surface area contributed by atoms with Crippen molar-refractivity contribution < 1.29 is 0 Å². The average Bonchev–Trinajstić information content (AvgIpc) is 2.54. The lowest BCUT2D eigenvalue weighted by molar-refractivity contribution is 1.12. The van der Waals surface area contributed by atoms with Crippen LogP contribution in [0.25, 0.3) is 11.3 Å². The van der Waals surface area contributed by atoms with Gasteiger partial charge >= 0.3 is 0 Å². The van der Waals surface area contributed by atoms with Crippen molar-refractivity contribution in [1.82, 2.24) is 10.2 Å². The van der Waals surface area contributed by atoms with Crippen LogP contribution >= 0.6 is 9.24 Å². The molecule has 1 N–H and O–H groups in total. The first-order valence-electron chi connectivity index (χ1n) is 3.72. The van der Waals surface area contributed by atoms with Crippen molar-refractivity contribution >= 4 is 14.7 Å². The van der Waals surface area contributed by atoms with Crippen LogP contribution in [0.2, 0.25) is 0 Å². The first-order chi connectivity index (χ1) is 5.86. The maximum Gasteiger partial charge on any atom is 0.0792 e. The van der Waals surface area contributed by atoms with Gasteiger partial charge in [0, 0.05) is 0 Å². The van der Waals surface area contributed by atoms with Gasteiger partial charge in [0.1, 0.15) is 0 Å². The SMILES string of the molecule is Pc1cc(-c2ccccc2)[nH]n1. The fourth-order valence-electron chi connectivity index (χ4n) is 1.10. The van der Waals surface area contributed by atoms with Crippen molar-refractivity contribution in [2.75, 3.05) is 0 Å². The number of hydrogen-bond acceptors (Lipinski definition) is 1. The van der Waals surface area contributed by atoms with E-state index in [1.54, 1.807) is 0 Å². The van der Waals surface area contributed by atoms with Gasteiger partial charge in [-0.05, 0) is 11.6 Å². The highest BCUT2D eigenvalue weighted by molar-refractivity contribution is 7.26. The first kappa shape index (κ1) is 7.51. The Morgan fingerprint density at radius 2 is 1.92 bits per heavy atom. The number of hydrogen-bond donors (Lipinski definition) is 1. The van der Waals surface area contributed by atoms with Crippen LogP contribution in [0.4, 0.5) is 0 Å². The summed E-state index contributed by atoms with van der Waals surface area (Å²) < 4.78 is 0. The third-order valence-corrected chi connectivity index (χ3v) is 1.98. The molecule has 0 spiro atoms. The van der Waals surface area contributed by atoms with Crippen molar-refractivity contribution in [3.63, 3.8) is 0 Å². The number of rotatable bonds is 1. The van der Waals surface area contributed by atoms with Crippen molar-refractivity contribution in [1.29, 1.82) is 0 Å². The summed E-state index contributed by atoms with van der Waals surface area (Å²) in [6, 6.07) is 12.1. The zero-order valence-corrected chi connectivity index (χ0v) is 7.64. The highest BCUT2D eigenvalue weighted by atomic mass is 31.0. The van der Waals surface area contributed by atoms with Crippen LogP contribution in [0.15, 0.2) is 36.4 Å². The van der Waals surface area contributed by atoms with Crippen LogP contribution in [0.1, 0.15) is 0 Å². The van der Waals surface area contributed by atoms with Crippen LogP contribution in [-0.4, -0.2) is 10.2 Å². The van der Waals surface area contributed by atoms with E-state index in [-0.39, 0.29) is 0 Å². The zero-order chi connectivity index (χ0) is 8.39. The standard InChI is InChI=1S/C9H9N2P/c12-9-6-8(10-11-9)7-4-2-1-3-5-7/h1-6H,12H2,(H,10,11). The number of benzene rings is 1. The topological polar surface area (TPSA) is 28.7 Å². The molecule has 1 atom stereocenters. The second-order valence-electron chi connectivity index (χ2n) is 2.57. The molecule has 0 aliphatic rings. The zero-order valence-electron chi connectivity index (χ0n) is 6.49. The van der Waals surface area contributed by atoms with Crippen LogP contribution in [0, 0.1) is 0 Å². The molecular weight excluding hydrogens is 167 g/mol. The molecule has 0 saturated carbocycles. The minimum atomic E-state index is 0.939. The minimum Gasteiger partial charge on any atom is -0.277 e. The second-order valence-corrected chi connectivity index (χ2v) is 3.16. The summed E-state index contributed by atoms with van der Waals surface area (Å²) in [5.74, 6) is 0. The molecule has 0 bridgehead atoms. The molecule has 1 unspecified atom stereocenters. The predicted octanol–water partition coefficient (Wildman–Crippen LogP) is 1.58. The molecule has 0 aliphatic heterocycles. The summed E-state index contributed by atoms with van der Waals surface area (Å²) >= 11 is 0. The Morgan fingerprint density at radius 1 is 1.17 bits per heavy atom. The summed E-state index contributed by atoms with van der Waals surface area (Å²) in [6.07, 6.45) is 0. The quantitative estimate of drug-likeness (QED) is 0.656. The van der Waals surface area contributed by atoms with E-state index in [4.69, 9.17) is 0 Å². The minimum absolute atomic E-state index is 0.939. The van der Waals surface area contributed by atoms with Crippen molar-refractivity contribution in [3.05, 3.63) is 36.4 Å². The van der Waals surface area contributed by atoms with Crippen LogP contribution in [0.3, 0.4) is 0 Å². The summed E-state index contributed by atoms with van der Waals surface area (Å²) in [7, 11) is 2.56. The molecule has 0 aliphatic carbocycles. The van der Waals surface area contributed by atoms with E-state index in [0.717, 1.165) is 11.1 Å². The predicted molar refractivity (Wildman–Crippen MR) is 53.4 cm³/mol. The van der Waals surface area contributed by atoms with Gasteiger partial charge in [-0.1, -0.05) is 39.6 Å². The average molecular weight is 176 g/mol. The summed E-state index contributed by atoms with van der Waals surface area (Å²) in [6.45, 7) is 0. The van der Waals surface area contributed by atoms with Crippen molar-refractivity contribution in [3.8, 4) is 11.3 Å². The molecule has 3 heteroatoms. The summed E-state index contributed by atoms with van der Waals surface area (Å²) in [5, 5.41) is 6.98. The molecule has 1 heterocycles.